The molecule has 0 radical (unpaired) electrons. The largest absolute Gasteiger partial charge is 0.340 e. The van der Waals surface area contributed by atoms with Gasteiger partial charge in [0.25, 0.3) is 0 Å². The van der Waals surface area contributed by atoms with Gasteiger partial charge in [0.2, 0.25) is 0 Å². The number of hydrogen-bond donors (Lipinski definition) is 0. The van der Waals surface area contributed by atoms with Gasteiger partial charge in [-0.05, 0) is 45.0 Å². The number of hydrogen-bond acceptors (Lipinski definition) is 5. The summed E-state index contributed by atoms with van der Waals surface area (Å²) in [5, 5.41) is 14.9. The van der Waals surface area contributed by atoms with Gasteiger partial charge >= 0.3 is 0 Å². The Balaban J connectivity index is 2.12. The topological polar surface area (TPSA) is 60.5 Å². The van der Waals surface area contributed by atoms with Crippen LogP contribution in [0.25, 0.3) is 16.8 Å². The second-order valence-corrected chi connectivity index (χ2v) is 8.32. The SMILES string of the molecule is Cc1c(-c2ccccc2)c(N2CCCC2N(C)C)n2nc(C(C)C)nc2c1C#N. The van der Waals surface area contributed by atoms with Gasteiger partial charge in [0.05, 0.1) is 6.17 Å². The molecule has 0 bridgehead atoms. The summed E-state index contributed by atoms with van der Waals surface area (Å²) in [4.78, 5) is 9.47. The zero-order valence-corrected chi connectivity index (χ0v) is 17.8. The molecular weight excluding hydrogens is 360 g/mol. The maximum atomic E-state index is 9.98. The number of benzene rings is 1. The summed E-state index contributed by atoms with van der Waals surface area (Å²) in [5.74, 6) is 2.00. The van der Waals surface area contributed by atoms with Crippen molar-refractivity contribution in [1.82, 2.24) is 19.5 Å². The highest BCUT2D eigenvalue weighted by molar-refractivity contribution is 5.85. The lowest BCUT2D eigenvalue weighted by Gasteiger charge is -2.33. The van der Waals surface area contributed by atoms with Gasteiger partial charge in [0, 0.05) is 18.0 Å². The molecule has 0 saturated carbocycles. The Morgan fingerprint density at radius 1 is 1.21 bits per heavy atom. The maximum absolute atomic E-state index is 9.98. The van der Waals surface area contributed by atoms with Crippen LogP contribution in [0.15, 0.2) is 30.3 Å². The summed E-state index contributed by atoms with van der Waals surface area (Å²) in [6.45, 7) is 7.17. The highest BCUT2D eigenvalue weighted by Crippen LogP contribution is 2.40. The summed E-state index contributed by atoms with van der Waals surface area (Å²) in [5.41, 5.74) is 4.40. The molecule has 0 spiro atoms. The molecule has 1 fully saturated rings. The van der Waals surface area contributed by atoms with Crippen LogP contribution in [-0.2, 0) is 0 Å². The van der Waals surface area contributed by atoms with Gasteiger partial charge in [0.15, 0.2) is 11.5 Å². The van der Waals surface area contributed by atoms with Crippen LogP contribution in [0.4, 0.5) is 5.82 Å². The molecule has 6 heteroatoms. The summed E-state index contributed by atoms with van der Waals surface area (Å²) < 4.78 is 1.92. The quantitative estimate of drug-likeness (QED) is 0.671. The molecule has 1 aromatic carbocycles. The second kappa shape index (κ2) is 7.49. The minimum absolute atomic E-state index is 0.193. The van der Waals surface area contributed by atoms with Crippen molar-refractivity contribution in [3.8, 4) is 17.2 Å². The normalized spacial score (nSPS) is 16.9. The molecule has 3 aromatic rings. The highest BCUT2D eigenvalue weighted by atomic mass is 15.4. The van der Waals surface area contributed by atoms with Crippen LogP contribution < -0.4 is 4.90 Å². The first-order valence-electron chi connectivity index (χ1n) is 10.3. The molecule has 4 rings (SSSR count). The number of pyridine rings is 1. The molecule has 1 atom stereocenters. The lowest BCUT2D eigenvalue weighted by molar-refractivity contribution is 0.299. The second-order valence-electron chi connectivity index (χ2n) is 8.32. The zero-order chi connectivity index (χ0) is 20.7. The van der Waals surface area contributed by atoms with Crippen molar-refractivity contribution < 1.29 is 0 Å². The summed E-state index contributed by atoms with van der Waals surface area (Å²) in [6.07, 6.45) is 2.52. The Morgan fingerprint density at radius 3 is 2.55 bits per heavy atom. The van der Waals surface area contributed by atoms with Gasteiger partial charge in [-0.25, -0.2) is 4.98 Å². The van der Waals surface area contributed by atoms with Crippen LogP contribution in [0.5, 0.6) is 0 Å². The molecule has 29 heavy (non-hydrogen) atoms. The van der Waals surface area contributed by atoms with E-state index in [1.165, 1.54) is 0 Å². The maximum Gasteiger partial charge on any atom is 0.176 e. The molecule has 1 unspecified atom stereocenters. The monoisotopic (exact) mass is 388 g/mol. The molecule has 0 amide bonds. The van der Waals surface area contributed by atoms with E-state index in [1.54, 1.807) is 0 Å². The van der Waals surface area contributed by atoms with Crippen molar-refractivity contribution in [2.75, 3.05) is 25.5 Å². The fourth-order valence-corrected chi connectivity index (χ4v) is 4.33. The highest BCUT2D eigenvalue weighted by Gasteiger charge is 2.33. The van der Waals surface area contributed by atoms with Crippen molar-refractivity contribution in [2.45, 2.75) is 45.7 Å². The number of nitrogens with zero attached hydrogens (tertiary/aromatic N) is 6. The van der Waals surface area contributed by atoms with E-state index in [0.29, 0.717) is 17.4 Å². The smallest absolute Gasteiger partial charge is 0.176 e. The number of aromatic nitrogens is 3. The predicted molar refractivity (Wildman–Crippen MR) is 116 cm³/mol. The van der Waals surface area contributed by atoms with Crippen LogP contribution >= 0.6 is 0 Å². The van der Waals surface area contributed by atoms with E-state index in [1.807, 2.05) is 29.6 Å². The third-order valence-electron chi connectivity index (χ3n) is 5.80. The van der Waals surface area contributed by atoms with Crippen molar-refractivity contribution in [3.05, 3.63) is 47.3 Å². The molecule has 1 aliphatic rings. The first kappa shape index (κ1) is 19.4. The standard InChI is InChI=1S/C23H28N6/c1-15(2)21-25-22-18(14-24)16(3)20(17-10-7-6-8-11-17)23(29(22)26-21)28-13-9-12-19(28)27(4)5/h6-8,10-11,15,19H,9,12-13H2,1-5H3. The van der Waals surface area contributed by atoms with E-state index >= 15 is 0 Å². The van der Waals surface area contributed by atoms with Crippen LogP contribution in [0.1, 0.15) is 49.6 Å². The van der Waals surface area contributed by atoms with E-state index < -0.39 is 0 Å². The van der Waals surface area contributed by atoms with Crippen molar-refractivity contribution >= 4 is 11.5 Å². The van der Waals surface area contributed by atoms with Crippen LogP contribution in [0, 0.1) is 18.3 Å². The van der Waals surface area contributed by atoms with Crippen LogP contribution in [-0.4, -0.2) is 46.3 Å². The third-order valence-corrected chi connectivity index (χ3v) is 5.80. The van der Waals surface area contributed by atoms with Gasteiger partial charge in [-0.3, -0.25) is 4.90 Å². The minimum Gasteiger partial charge on any atom is -0.340 e. The minimum atomic E-state index is 0.193. The molecule has 0 aliphatic carbocycles. The summed E-state index contributed by atoms with van der Waals surface area (Å²) in [6, 6.07) is 12.7. The summed E-state index contributed by atoms with van der Waals surface area (Å²) in [7, 11) is 4.25. The van der Waals surface area contributed by atoms with E-state index in [4.69, 9.17) is 10.1 Å². The van der Waals surface area contributed by atoms with Gasteiger partial charge in [-0.2, -0.15) is 9.78 Å². The average Bonchev–Trinajstić information content (AvgIpc) is 3.35. The molecule has 150 valence electrons. The Labute approximate surface area is 172 Å². The average molecular weight is 389 g/mol. The van der Waals surface area contributed by atoms with Crippen molar-refractivity contribution in [2.24, 2.45) is 0 Å². The lowest BCUT2D eigenvalue weighted by atomic mass is 9.97. The number of nitriles is 1. The van der Waals surface area contributed by atoms with E-state index in [9.17, 15) is 5.26 Å². The lowest BCUT2D eigenvalue weighted by Crippen LogP contribution is -2.41. The predicted octanol–water partition coefficient (Wildman–Crippen LogP) is 4.19. The van der Waals surface area contributed by atoms with Gasteiger partial charge < -0.3 is 4.90 Å². The van der Waals surface area contributed by atoms with Gasteiger partial charge in [-0.15, -0.1) is 5.10 Å². The Hall–Kier alpha value is -2.91. The number of fused-ring (bicyclic) bond motifs is 1. The summed E-state index contributed by atoms with van der Waals surface area (Å²) >= 11 is 0. The Morgan fingerprint density at radius 2 is 1.93 bits per heavy atom. The number of anilines is 1. The first-order chi connectivity index (χ1) is 13.9. The van der Waals surface area contributed by atoms with Gasteiger partial charge in [0.1, 0.15) is 17.5 Å². The van der Waals surface area contributed by atoms with Crippen LogP contribution in [0.3, 0.4) is 0 Å². The molecule has 0 N–H and O–H groups in total. The molecule has 6 nitrogen and oxygen atoms in total. The molecular formula is C23H28N6. The van der Waals surface area contributed by atoms with Crippen molar-refractivity contribution in [1.29, 1.82) is 5.26 Å². The number of rotatable bonds is 4. The van der Waals surface area contributed by atoms with E-state index in [2.05, 4.69) is 55.9 Å². The Bertz CT molecular complexity index is 1070. The van der Waals surface area contributed by atoms with E-state index in [-0.39, 0.29) is 5.92 Å². The zero-order valence-electron chi connectivity index (χ0n) is 17.8. The van der Waals surface area contributed by atoms with E-state index in [0.717, 1.165) is 47.7 Å². The third kappa shape index (κ3) is 3.16. The fraction of sp³-hybridized carbons (Fsp3) is 0.435. The van der Waals surface area contributed by atoms with Crippen LogP contribution in [0.2, 0.25) is 0 Å². The molecule has 1 saturated heterocycles. The molecule has 2 aromatic heterocycles. The van der Waals surface area contributed by atoms with Crippen molar-refractivity contribution in [3.63, 3.8) is 0 Å². The first-order valence-corrected chi connectivity index (χ1v) is 10.3. The molecule has 1 aliphatic heterocycles. The molecule has 3 heterocycles. The van der Waals surface area contributed by atoms with Gasteiger partial charge in [-0.1, -0.05) is 44.2 Å². The fourth-order valence-electron chi connectivity index (χ4n) is 4.33. The Kier molecular flexibility index (Phi) is 5.01.